The fourth-order valence-corrected chi connectivity index (χ4v) is 2.22. The smallest absolute Gasteiger partial charge is 0.363 e. The second-order valence-corrected chi connectivity index (χ2v) is 4.34. The molecule has 0 atom stereocenters. The zero-order valence-corrected chi connectivity index (χ0v) is 10.0. The third-order valence-corrected chi connectivity index (χ3v) is 3.29. The van der Waals surface area contributed by atoms with Crippen molar-refractivity contribution in [2.24, 2.45) is 0 Å². The van der Waals surface area contributed by atoms with E-state index in [2.05, 4.69) is 28.0 Å². The zero-order valence-electron chi connectivity index (χ0n) is 9.21. The number of hydrogen-bond acceptors (Lipinski definition) is 5. The van der Waals surface area contributed by atoms with Crippen LogP contribution in [0, 0.1) is 17.0 Å². The van der Waals surface area contributed by atoms with Crippen LogP contribution in [-0.2, 0) is 6.54 Å². The quantitative estimate of drug-likeness (QED) is 0.668. The molecule has 0 aliphatic heterocycles. The molecule has 2 aromatic rings. The molecule has 1 N–H and O–H groups in total. The van der Waals surface area contributed by atoms with Crippen LogP contribution in [0.15, 0.2) is 29.1 Å². The van der Waals surface area contributed by atoms with E-state index in [1.807, 2.05) is 0 Å². The van der Waals surface area contributed by atoms with Gasteiger partial charge in [0.1, 0.15) is 0 Å². The SMILES string of the molecule is Cc1cscc1CNc1ccc([N+](=O)[O-])nc1. The number of hydrogen-bond donors (Lipinski definition) is 1. The summed E-state index contributed by atoms with van der Waals surface area (Å²) >= 11 is 1.66. The molecule has 0 aliphatic rings. The fraction of sp³-hybridized carbons (Fsp3) is 0.182. The lowest BCUT2D eigenvalue weighted by atomic mass is 10.2. The molecule has 5 nitrogen and oxygen atoms in total. The highest BCUT2D eigenvalue weighted by molar-refractivity contribution is 7.08. The van der Waals surface area contributed by atoms with Crippen LogP contribution in [0.1, 0.15) is 11.1 Å². The van der Waals surface area contributed by atoms with E-state index < -0.39 is 4.92 Å². The van der Waals surface area contributed by atoms with Crippen LogP contribution in [0.5, 0.6) is 0 Å². The third kappa shape index (κ3) is 2.79. The van der Waals surface area contributed by atoms with E-state index in [1.165, 1.54) is 23.4 Å². The molecular formula is C11H11N3O2S. The Morgan fingerprint density at radius 1 is 1.47 bits per heavy atom. The first kappa shape index (κ1) is 11.5. The number of thiophene rings is 1. The molecule has 0 saturated carbocycles. The van der Waals surface area contributed by atoms with Crippen LogP contribution < -0.4 is 5.32 Å². The van der Waals surface area contributed by atoms with Crippen molar-refractivity contribution >= 4 is 22.8 Å². The van der Waals surface area contributed by atoms with Gasteiger partial charge in [0.05, 0.1) is 5.69 Å². The molecule has 6 heteroatoms. The highest BCUT2D eigenvalue weighted by atomic mass is 32.1. The molecule has 0 fully saturated rings. The van der Waals surface area contributed by atoms with Gasteiger partial charge < -0.3 is 15.4 Å². The van der Waals surface area contributed by atoms with E-state index in [9.17, 15) is 10.1 Å². The van der Waals surface area contributed by atoms with Gasteiger partial charge in [0.25, 0.3) is 0 Å². The summed E-state index contributed by atoms with van der Waals surface area (Å²) in [5.74, 6) is -0.137. The predicted molar refractivity (Wildman–Crippen MR) is 67.3 cm³/mol. The molecule has 0 spiro atoms. The van der Waals surface area contributed by atoms with Crippen molar-refractivity contribution in [3.05, 3.63) is 50.3 Å². The van der Waals surface area contributed by atoms with E-state index in [0.29, 0.717) is 6.54 Å². The number of aromatic nitrogens is 1. The topological polar surface area (TPSA) is 68.1 Å². The normalized spacial score (nSPS) is 10.2. The van der Waals surface area contributed by atoms with Crippen molar-refractivity contribution in [1.29, 1.82) is 0 Å². The first-order valence-electron chi connectivity index (χ1n) is 5.03. The Balaban J connectivity index is 2.00. The Bertz CT molecular complexity index is 522. The average Bonchev–Trinajstić information content (AvgIpc) is 2.73. The minimum Gasteiger partial charge on any atom is -0.378 e. The highest BCUT2D eigenvalue weighted by Gasteiger charge is 2.06. The molecule has 2 aromatic heterocycles. The number of anilines is 1. The molecular weight excluding hydrogens is 238 g/mol. The van der Waals surface area contributed by atoms with Crippen molar-refractivity contribution in [3.8, 4) is 0 Å². The first-order chi connectivity index (χ1) is 8.16. The number of aryl methyl sites for hydroxylation is 1. The monoisotopic (exact) mass is 249 g/mol. The minimum atomic E-state index is -0.507. The molecule has 2 rings (SSSR count). The number of nitro groups is 1. The summed E-state index contributed by atoms with van der Waals surface area (Å²) < 4.78 is 0. The Morgan fingerprint density at radius 2 is 2.29 bits per heavy atom. The molecule has 0 radical (unpaired) electrons. The summed E-state index contributed by atoms with van der Waals surface area (Å²) in [6.45, 7) is 2.76. The van der Waals surface area contributed by atoms with Crippen molar-refractivity contribution in [3.63, 3.8) is 0 Å². The molecule has 0 unspecified atom stereocenters. The molecule has 0 aromatic carbocycles. The maximum atomic E-state index is 10.4. The molecule has 88 valence electrons. The van der Waals surface area contributed by atoms with Gasteiger partial charge in [-0.3, -0.25) is 0 Å². The standard InChI is InChI=1S/C11H11N3O2S/c1-8-6-17-7-9(8)4-12-10-2-3-11(13-5-10)14(15)16/h2-3,5-7,12H,4H2,1H3. The van der Waals surface area contributed by atoms with Crippen LogP contribution in [0.3, 0.4) is 0 Å². The van der Waals surface area contributed by atoms with Crippen molar-refractivity contribution in [2.45, 2.75) is 13.5 Å². The summed E-state index contributed by atoms with van der Waals surface area (Å²) in [5.41, 5.74) is 3.26. The van der Waals surface area contributed by atoms with Gasteiger partial charge in [-0.1, -0.05) is 0 Å². The number of rotatable bonds is 4. The van der Waals surface area contributed by atoms with E-state index in [4.69, 9.17) is 0 Å². The first-order valence-corrected chi connectivity index (χ1v) is 5.97. The largest absolute Gasteiger partial charge is 0.378 e. The summed E-state index contributed by atoms with van der Waals surface area (Å²) in [5, 5.41) is 17.8. The van der Waals surface area contributed by atoms with Gasteiger partial charge in [0.15, 0.2) is 6.20 Å². The molecule has 0 aliphatic carbocycles. The Kier molecular flexibility index (Phi) is 3.34. The average molecular weight is 249 g/mol. The Hall–Kier alpha value is -1.95. The Labute approximate surface area is 102 Å². The lowest BCUT2D eigenvalue weighted by Crippen LogP contribution is -2.00. The van der Waals surface area contributed by atoms with Gasteiger partial charge in [0.2, 0.25) is 0 Å². The van der Waals surface area contributed by atoms with E-state index >= 15 is 0 Å². The summed E-state index contributed by atoms with van der Waals surface area (Å²) in [6.07, 6.45) is 1.47. The van der Waals surface area contributed by atoms with Crippen LogP contribution in [-0.4, -0.2) is 9.91 Å². The predicted octanol–water partition coefficient (Wildman–Crippen LogP) is 2.97. The van der Waals surface area contributed by atoms with E-state index in [0.717, 1.165) is 5.69 Å². The second kappa shape index (κ2) is 4.92. The lowest BCUT2D eigenvalue weighted by Gasteiger charge is -2.03. The molecule has 0 bridgehead atoms. The van der Waals surface area contributed by atoms with Crippen molar-refractivity contribution in [1.82, 2.24) is 4.98 Å². The van der Waals surface area contributed by atoms with Crippen LogP contribution in [0.4, 0.5) is 11.5 Å². The van der Waals surface area contributed by atoms with Crippen LogP contribution in [0.25, 0.3) is 0 Å². The maximum Gasteiger partial charge on any atom is 0.363 e. The lowest BCUT2D eigenvalue weighted by molar-refractivity contribution is -0.389. The summed E-state index contributed by atoms with van der Waals surface area (Å²) in [6, 6.07) is 3.05. The van der Waals surface area contributed by atoms with Gasteiger partial charge in [-0.05, 0) is 44.8 Å². The summed E-state index contributed by atoms with van der Waals surface area (Å²) in [7, 11) is 0. The minimum absolute atomic E-state index is 0.137. The van der Waals surface area contributed by atoms with E-state index in [-0.39, 0.29) is 5.82 Å². The van der Waals surface area contributed by atoms with Gasteiger partial charge in [0, 0.05) is 12.6 Å². The van der Waals surface area contributed by atoms with E-state index in [1.54, 1.807) is 17.4 Å². The second-order valence-electron chi connectivity index (χ2n) is 3.60. The summed E-state index contributed by atoms with van der Waals surface area (Å²) in [4.78, 5) is 13.7. The number of pyridine rings is 1. The molecule has 17 heavy (non-hydrogen) atoms. The number of nitrogens with zero attached hydrogens (tertiary/aromatic N) is 2. The Morgan fingerprint density at radius 3 is 2.82 bits per heavy atom. The highest BCUT2D eigenvalue weighted by Crippen LogP contribution is 2.16. The molecule has 2 heterocycles. The molecule has 0 saturated heterocycles. The van der Waals surface area contributed by atoms with Crippen LogP contribution in [0.2, 0.25) is 0 Å². The maximum absolute atomic E-state index is 10.4. The fourth-order valence-electron chi connectivity index (χ4n) is 1.36. The van der Waals surface area contributed by atoms with Crippen molar-refractivity contribution in [2.75, 3.05) is 5.32 Å². The van der Waals surface area contributed by atoms with Gasteiger partial charge >= 0.3 is 5.82 Å². The number of nitrogens with one attached hydrogen (secondary N) is 1. The zero-order chi connectivity index (χ0) is 12.3. The van der Waals surface area contributed by atoms with Crippen LogP contribution >= 0.6 is 11.3 Å². The van der Waals surface area contributed by atoms with Crippen molar-refractivity contribution < 1.29 is 4.92 Å². The van der Waals surface area contributed by atoms with Gasteiger partial charge in [-0.2, -0.15) is 11.3 Å². The van der Waals surface area contributed by atoms with Gasteiger partial charge in [-0.15, -0.1) is 0 Å². The third-order valence-electron chi connectivity index (χ3n) is 2.38. The van der Waals surface area contributed by atoms with Gasteiger partial charge in [-0.25, -0.2) is 0 Å². The molecule has 0 amide bonds.